The topological polar surface area (TPSA) is 72.7 Å². The van der Waals surface area contributed by atoms with Gasteiger partial charge in [0.15, 0.2) is 0 Å². The highest BCUT2D eigenvalue weighted by molar-refractivity contribution is 9.09. The van der Waals surface area contributed by atoms with Crippen LogP contribution in [0.25, 0.3) is 0 Å². The van der Waals surface area contributed by atoms with Crippen molar-refractivity contribution in [1.29, 1.82) is 0 Å². The fourth-order valence-electron chi connectivity index (χ4n) is 2.19. The van der Waals surface area contributed by atoms with Gasteiger partial charge in [0.25, 0.3) is 11.6 Å². The normalized spacial score (nSPS) is 22.1. The van der Waals surface area contributed by atoms with Gasteiger partial charge in [0, 0.05) is 23.0 Å². The molecule has 1 saturated heterocycles. The Labute approximate surface area is 135 Å². The minimum atomic E-state index is -0.591. The van der Waals surface area contributed by atoms with Crippen LogP contribution in [0.2, 0.25) is 5.02 Å². The van der Waals surface area contributed by atoms with Gasteiger partial charge in [0.1, 0.15) is 5.56 Å². The Morgan fingerprint density at radius 2 is 2.33 bits per heavy atom. The highest BCUT2D eigenvalue weighted by Gasteiger charge is 2.32. The van der Waals surface area contributed by atoms with Crippen molar-refractivity contribution in [2.75, 3.05) is 18.5 Å². The van der Waals surface area contributed by atoms with E-state index < -0.39 is 4.92 Å². The standard InChI is InChI=1S/C13H14BrClN2O4/c1-8-7-21-10(5-14)6-16(8)13(18)11-3-2-9(15)4-12(11)17(19)20/h2-4,8,10H,5-7H2,1H3. The number of halogens is 2. The SMILES string of the molecule is CC1COC(CBr)CN1C(=O)c1ccc(Cl)cc1[N+](=O)[O-]. The predicted molar refractivity (Wildman–Crippen MR) is 82.1 cm³/mol. The maximum absolute atomic E-state index is 12.6. The molecular formula is C13H14BrClN2O4. The molecule has 6 nitrogen and oxygen atoms in total. The zero-order valence-electron chi connectivity index (χ0n) is 11.3. The average molecular weight is 378 g/mol. The van der Waals surface area contributed by atoms with Gasteiger partial charge < -0.3 is 9.64 Å². The zero-order chi connectivity index (χ0) is 15.6. The maximum atomic E-state index is 12.6. The Morgan fingerprint density at radius 1 is 1.62 bits per heavy atom. The van der Waals surface area contributed by atoms with E-state index in [-0.39, 0.29) is 34.3 Å². The number of ether oxygens (including phenoxy) is 1. The maximum Gasteiger partial charge on any atom is 0.283 e. The van der Waals surface area contributed by atoms with E-state index in [4.69, 9.17) is 16.3 Å². The smallest absolute Gasteiger partial charge is 0.283 e. The highest BCUT2D eigenvalue weighted by atomic mass is 79.9. The number of amides is 1. The fraction of sp³-hybridized carbons (Fsp3) is 0.462. The van der Waals surface area contributed by atoms with Crippen molar-refractivity contribution in [3.8, 4) is 0 Å². The van der Waals surface area contributed by atoms with Crippen molar-refractivity contribution in [1.82, 2.24) is 4.90 Å². The number of nitro benzene ring substituents is 1. The number of carbonyl (C=O) groups is 1. The molecule has 0 bridgehead atoms. The van der Waals surface area contributed by atoms with Gasteiger partial charge in [0.05, 0.1) is 23.7 Å². The molecule has 1 aliphatic heterocycles. The molecule has 2 atom stereocenters. The molecule has 0 saturated carbocycles. The summed E-state index contributed by atoms with van der Waals surface area (Å²) >= 11 is 9.09. The molecule has 114 valence electrons. The summed E-state index contributed by atoms with van der Waals surface area (Å²) in [7, 11) is 0. The van der Waals surface area contributed by atoms with E-state index in [0.29, 0.717) is 18.5 Å². The molecule has 1 aromatic rings. The Morgan fingerprint density at radius 3 is 2.95 bits per heavy atom. The van der Waals surface area contributed by atoms with Crippen LogP contribution in [0.3, 0.4) is 0 Å². The Bertz CT molecular complexity index is 569. The molecule has 1 heterocycles. The molecule has 0 radical (unpaired) electrons. The minimum absolute atomic E-state index is 0.0477. The van der Waals surface area contributed by atoms with Crippen LogP contribution in [0.5, 0.6) is 0 Å². The fourth-order valence-corrected chi connectivity index (χ4v) is 2.74. The highest BCUT2D eigenvalue weighted by Crippen LogP contribution is 2.26. The van der Waals surface area contributed by atoms with Crippen molar-refractivity contribution < 1.29 is 14.5 Å². The van der Waals surface area contributed by atoms with Gasteiger partial charge in [0.2, 0.25) is 0 Å². The number of benzene rings is 1. The molecule has 0 aliphatic carbocycles. The van der Waals surface area contributed by atoms with E-state index >= 15 is 0 Å². The van der Waals surface area contributed by atoms with E-state index in [1.54, 1.807) is 4.90 Å². The third-order valence-corrected chi connectivity index (χ3v) is 4.28. The van der Waals surface area contributed by atoms with E-state index in [1.165, 1.54) is 18.2 Å². The number of hydrogen-bond donors (Lipinski definition) is 0. The van der Waals surface area contributed by atoms with Gasteiger partial charge in [-0.3, -0.25) is 14.9 Å². The van der Waals surface area contributed by atoms with Gasteiger partial charge in [-0.2, -0.15) is 0 Å². The summed E-state index contributed by atoms with van der Waals surface area (Å²) in [6.45, 7) is 2.65. The lowest BCUT2D eigenvalue weighted by Gasteiger charge is -2.37. The Balaban J connectivity index is 2.32. The van der Waals surface area contributed by atoms with Crippen molar-refractivity contribution in [3.05, 3.63) is 38.9 Å². The minimum Gasteiger partial charge on any atom is -0.373 e. The zero-order valence-corrected chi connectivity index (χ0v) is 13.6. The first-order valence-electron chi connectivity index (χ1n) is 6.36. The van der Waals surface area contributed by atoms with Gasteiger partial charge in [-0.15, -0.1) is 0 Å². The monoisotopic (exact) mass is 376 g/mol. The molecule has 2 unspecified atom stereocenters. The summed E-state index contributed by atoms with van der Waals surface area (Å²) in [4.78, 5) is 24.7. The van der Waals surface area contributed by atoms with Crippen LogP contribution in [0.4, 0.5) is 5.69 Å². The van der Waals surface area contributed by atoms with Crippen molar-refractivity contribution in [2.45, 2.75) is 19.1 Å². The quantitative estimate of drug-likeness (QED) is 0.461. The summed E-state index contributed by atoms with van der Waals surface area (Å²) < 4.78 is 5.56. The van der Waals surface area contributed by atoms with Gasteiger partial charge in [-0.25, -0.2) is 0 Å². The van der Waals surface area contributed by atoms with E-state index in [9.17, 15) is 14.9 Å². The van der Waals surface area contributed by atoms with Gasteiger partial charge in [-0.1, -0.05) is 27.5 Å². The van der Waals surface area contributed by atoms with Crippen LogP contribution in [-0.2, 0) is 4.74 Å². The lowest BCUT2D eigenvalue weighted by molar-refractivity contribution is -0.385. The van der Waals surface area contributed by atoms with Crippen LogP contribution in [0.1, 0.15) is 17.3 Å². The summed E-state index contributed by atoms with van der Waals surface area (Å²) in [5.74, 6) is -0.375. The van der Waals surface area contributed by atoms with E-state index in [2.05, 4.69) is 15.9 Å². The van der Waals surface area contributed by atoms with Gasteiger partial charge in [-0.05, 0) is 19.1 Å². The van der Waals surface area contributed by atoms with Crippen molar-refractivity contribution in [3.63, 3.8) is 0 Å². The number of rotatable bonds is 3. The summed E-state index contributed by atoms with van der Waals surface area (Å²) in [6, 6.07) is 3.94. The third-order valence-electron chi connectivity index (χ3n) is 3.33. The van der Waals surface area contributed by atoms with Crippen LogP contribution >= 0.6 is 27.5 Å². The number of nitrogens with zero attached hydrogens (tertiary/aromatic N) is 2. The number of carbonyl (C=O) groups excluding carboxylic acids is 1. The third kappa shape index (κ3) is 3.53. The molecule has 0 aromatic heterocycles. The molecule has 1 amide bonds. The summed E-state index contributed by atoms with van der Waals surface area (Å²) in [5, 5.41) is 11.9. The molecule has 2 rings (SSSR count). The predicted octanol–water partition coefficient (Wildman–Crippen LogP) is 2.87. The van der Waals surface area contributed by atoms with E-state index in [0.717, 1.165) is 0 Å². The number of alkyl halides is 1. The summed E-state index contributed by atoms with van der Waals surface area (Å²) in [6.07, 6.45) is -0.114. The first-order valence-corrected chi connectivity index (χ1v) is 7.86. The van der Waals surface area contributed by atoms with Crippen molar-refractivity contribution >= 4 is 39.1 Å². The molecule has 8 heteroatoms. The Hall–Kier alpha value is -1.18. The first-order chi connectivity index (χ1) is 9.93. The van der Waals surface area contributed by atoms with Crippen molar-refractivity contribution in [2.24, 2.45) is 0 Å². The lowest BCUT2D eigenvalue weighted by atomic mass is 10.1. The van der Waals surface area contributed by atoms with Gasteiger partial charge >= 0.3 is 0 Å². The molecule has 1 aromatic carbocycles. The van der Waals surface area contributed by atoms with Crippen LogP contribution in [0.15, 0.2) is 18.2 Å². The Kier molecular flexibility index (Phi) is 5.18. The van der Waals surface area contributed by atoms with E-state index in [1.807, 2.05) is 6.92 Å². The lowest BCUT2D eigenvalue weighted by Crippen LogP contribution is -2.51. The van der Waals surface area contributed by atoms with Crippen LogP contribution in [-0.4, -0.2) is 46.4 Å². The number of hydrogen-bond acceptors (Lipinski definition) is 4. The largest absolute Gasteiger partial charge is 0.373 e. The summed E-state index contributed by atoms with van der Waals surface area (Å²) in [5.41, 5.74) is -0.229. The number of nitro groups is 1. The molecule has 0 spiro atoms. The second kappa shape index (κ2) is 6.72. The molecule has 1 fully saturated rings. The second-order valence-electron chi connectivity index (χ2n) is 4.83. The van der Waals surface area contributed by atoms with Crippen LogP contribution in [0, 0.1) is 10.1 Å². The molecule has 0 N–H and O–H groups in total. The van der Waals surface area contributed by atoms with Crippen LogP contribution < -0.4 is 0 Å². The molecule has 1 aliphatic rings. The molecular weight excluding hydrogens is 364 g/mol. The molecule has 21 heavy (non-hydrogen) atoms. The number of morpholine rings is 1. The average Bonchev–Trinajstić information content (AvgIpc) is 2.47. The first kappa shape index (κ1) is 16.2. The second-order valence-corrected chi connectivity index (χ2v) is 5.92.